The van der Waals surface area contributed by atoms with Crippen LogP contribution in [0.5, 0.6) is 0 Å². The summed E-state index contributed by atoms with van der Waals surface area (Å²) in [4.78, 5) is 27.6. The van der Waals surface area contributed by atoms with Gasteiger partial charge in [0.05, 0.1) is 10.9 Å². The van der Waals surface area contributed by atoms with Crippen LogP contribution in [0.2, 0.25) is 0 Å². The maximum Gasteiger partial charge on any atom is 0.345 e. The molecule has 18 heavy (non-hydrogen) atoms. The molecule has 1 N–H and O–H groups in total. The minimum atomic E-state index is -1.03. The van der Waals surface area contributed by atoms with Crippen LogP contribution in [-0.2, 0) is 0 Å². The summed E-state index contributed by atoms with van der Waals surface area (Å²) < 4.78 is 0. The van der Waals surface area contributed by atoms with Gasteiger partial charge in [0.2, 0.25) is 0 Å². The Labute approximate surface area is 106 Å². The fourth-order valence-electron chi connectivity index (χ4n) is 1.82. The van der Waals surface area contributed by atoms with Crippen molar-refractivity contribution in [3.8, 4) is 0 Å². The van der Waals surface area contributed by atoms with Gasteiger partial charge in [-0.05, 0) is 24.1 Å². The van der Waals surface area contributed by atoms with E-state index in [2.05, 4.69) is 10.0 Å². The highest BCUT2D eigenvalue weighted by Crippen LogP contribution is 2.21. The smallest absolute Gasteiger partial charge is 0.345 e. The van der Waals surface area contributed by atoms with Crippen molar-refractivity contribution in [3.05, 3.63) is 32.3 Å². The molecule has 1 saturated heterocycles. The van der Waals surface area contributed by atoms with E-state index in [9.17, 15) is 9.59 Å². The van der Waals surface area contributed by atoms with E-state index in [-0.39, 0.29) is 16.8 Å². The average molecular weight is 266 g/mol. The Bertz CT molecular complexity index is 535. The third-order valence-corrected chi connectivity index (χ3v) is 3.75. The van der Waals surface area contributed by atoms with Crippen LogP contribution < -0.4 is 0 Å². The standard InChI is InChI=1S/C10H10N4O3S/c11-13-12-6-3-4-14(5-6)9(15)7-1-2-8(18-7)10(16)17/h1-2,6H,3-5H2,(H,16,17). The van der Waals surface area contributed by atoms with Gasteiger partial charge in [0.1, 0.15) is 4.88 Å². The Morgan fingerprint density at radius 3 is 2.83 bits per heavy atom. The molecule has 0 saturated carbocycles. The van der Waals surface area contributed by atoms with Crippen molar-refractivity contribution >= 4 is 23.2 Å². The van der Waals surface area contributed by atoms with Crippen molar-refractivity contribution in [2.24, 2.45) is 5.11 Å². The largest absolute Gasteiger partial charge is 0.477 e. The normalized spacial score (nSPS) is 18.4. The SMILES string of the molecule is [N-]=[N+]=NC1CCN(C(=O)c2ccc(C(=O)O)s2)C1. The Morgan fingerprint density at radius 2 is 2.22 bits per heavy atom. The summed E-state index contributed by atoms with van der Waals surface area (Å²) >= 11 is 0.956. The molecule has 1 amide bonds. The van der Waals surface area contributed by atoms with Gasteiger partial charge in [-0.1, -0.05) is 5.11 Å². The molecule has 2 heterocycles. The number of carbonyl (C=O) groups is 2. The van der Waals surface area contributed by atoms with Crippen LogP contribution in [0.4, 0.5) is 0 Å². The molecule has 2 rings (SSSR count). The number of carboxylic acids is 1. The number of nitrogens with zero attached hydrogens (tertiary/aromatic N) is 4. The van der Waals surface area contributed by atoms with Gasteiger partial charge < -0.3 is 10.0 Å². The molecule has 1 aromatic rings. The third kappa shape index (κ3) is 2.44. The molecule has 7 nitrogen and oxygen atoms in total. The van der Waals surface area contributed by atoms with Crippen molar-refractivity contribution < 1.29 is 14.7 Å². The molecule has 0 spiro atoms. The Balaban J connectivity index is 2.07. The highest BCUT2D eigenvalue weighted by atomic mass is 32.1. The second-order valence-corrected chi connectivity index (χ2v) is 4.95. The van der Waals surface area contributed by atoms with Crippen LogP contribution >= 0.6 is 11.3 Å². The Morgan fingerprint density at radius 1 is 1.50 bits per heavy atom. The Hall–Kier alpha value is -2.05. The maximum atomic E-state index is 12.0. The molecule has 94 valence electrons. The molecule has 0 radical (unpaired) electrons. The zero-order valence-electron chi connectivity index (χ0n) is 9.31. The zero-order valence-corrected chi connectivity index (χ0v) is 10.1. The molecule has 1 aliphatic heterocycles. The van der Waals surface area contributed by atoms with Crippen LogP contribution in [0.1, 0.15) is 25.8 Å². The minimum absolute atomic E-state index is 0.143. The summed E-state index contributed by atoms with van der Waals surface area (Å²) in [7, 11) is 0. The quantitative estimate of drug-likeness (QED) is 0.513. The summed E-state index contributed by atoms with van der Waals surface area (Å²) in [6.07, 6.45) is 0.646. The summed E-state index contributed by atoms with van der Waals surface area (Å²) in [5, 5.41) is 12.4. The molecule has 1 aliphatic rings. The summed E-state index contributed by atoms with van der Waals surface area (Å²) in [5.41, 5.74) is 8.32. The molecule has 1 fully saturated rings. The van der Waals surface area contributed by atoms with Gasteiger partial charge in [0.25, 0.3) is 5.91 Å². The first-order chi connectivity index (χ1) is 8.61. The van der Waals surface area contributed by atoms with E-state index in [0.29, 0.717) is 24.4 Å². The van der Waals surface area contributed by atoms with Crippen molar-refractivity contribution in [1.29, 1.82) is 0 Å². The minimum Gasteiger partial charge on any atom is -0.477 e. The van der Waals surface area contributed by atoms with Crippen LogP contribution in [0.15, 0.2) is 17.2 Å². The molecular weight excluding hydrogens is 256 g/mol. The second-order valence-electron chi connectivity index (χ2n) is 3.87. The predicted octanol–water partition coefficient (Wildman–Crippen LogP) is 1.97. The molecule has 8 heteroatoms. The monoisotopic (exact) mass is 266 g/mol. The fraction of sp³-hybridized carbons (Fsp3) is 0.400. The van der Waals surface area contributed by atoms with E-state index in [1.54, 1.807) is 4.90 Å². The maximum absolute atomic E-state index is 12.0. The molecule has 1 atom stereocenters. The Kier molecular flexibility index (Phi) is 3.50. The molecule has 0 aromatic carbocycles. The number of rotatable bonds is 3. The van der Waals surface area contributed by atoms with E-state index >= 15 is 0 Å². The van der Waals surface area contributed by atoms with E-state index < -0.39 is 5.97 Å². The lowest BCUT2D eigenvalue weighted by Gasteiger charge is -2.14. The first kappa shape index (κ1) is 12.4. The number of thiophene rings is 1. The first-order valence-corrected chi connectivity index (χ1v) is 6.10. The number of carboxylic acid groups (broad SMARTS) is 1. The van der Waals surface area contributed by atoms with Crippen LogP contribution in [0, 0.1) is 0 Å². The molecule has 1 aromatic heterocycles. The number of carbonyl (C=O) groups excluding carboxylic acids is 1. The summed E-state index contributed by atoms with van der Waals surface area (Å²) in [6, 6.07) is 2.75. The number of hydrogen-bond acceptors (Lipinski definition) is 4. The van der Waals surface area contributed by atoms with Gasteiger partial charge in [0, 0.05) is 18.0 Å². The van der Waals surface area contributed by atoms with Crippen LogP contribution in [-0.4, -0.2) is 41.0 Å². The third-order valence-electron chi connectivity index (χ3n) is 2.69. The van der Waals surface area contributed by atoms with Crippen molar-refractivity contribution in [2.45, 2.75) is 12.5 Å². The van der Waals surface area contributed by atoms with Crippen LogP contribution in [0.3, 0.4) is 0 Å². The number of amides is 1. The van der Waals surface area contributed by atoms with Crippen molar-refractivity contribution in [3.63, 3.8) is 0 Å². The molecular formula is C10H10N4O3S. The average Bonchev–Trinajstić information content (AvgIpc) is 2.97. The van der Waals surface area contributed by atoms with Crippen molar-refractivity contribution in [1.82, 2.24) is 4.90 Å². The van der Waals surface area contributed by atoms with E-state index in [0.717, 1.165) is 11.3 Å². The summed E-state index contributed by atoms with van der Waals surface area (Å²) in [6.45, 7) is 0.923. The lowest BCUT2D eigenvalue weighted by Crippen LogP contribution is -2.28. The number of aromatic carboxylic acids is 1. The van der Waals surface area contributed by atoms with Crippen molar-refractivity contribution in [2.75, 3.05) is 13.1 Å². The van der Waals surface area contributed by atoms with E-state index in [1.807, 2.05) is 0 Å². The second kappa shape index (κ2) is 5.07. The van der Waals surface area contributed by atoms with Crippen LogP contribution in [0.25, 0.3) is 10.4 Å². The van der Waals surface area contributed by atoms with E-state index in [1.165, 1.54) is 12.1 Å². The van der Waals surface area contributed by atoms with Gasteiger partial charge in [-0.25, -0.2) is 4.79 Å². The first-order valence-electron chi connectivity index (χ1n) is 5.28. The lowest BCUT2D eigenvalue weighted by molar-refractivity contribution is 0.0701. The predicted molar refractivity (Wildman–Crippen MR) is 64.7 cm³/mol. The van der Waals surface area contributed by atoms with E-state index in [4.69, 9.17) is 10.6 Å². The number of hydrogen-bond donors (Lipinski definition) is 1. The lowest BCUT2D eigenvalue weighted by atomic mass is 10.3. The number of azide groups is 1. The molecule has 0 aliphatic carbocycles. The van der Waals surface area contributed by atoms with Gasteiger partial charge in [-0.3, -0.25) is 4.79 Å². The highest BCUT2D eigenvalue weighted by Gasteiger charge is 2.27. The fourth-order valence-corrected chi connectivity index (χ4v) is 2.63. The van der Waals surface area contributed by atoms with Gasteiger partial charge in [-0.15, -0.1) is 11.3 Å². The molecule has 0 bridgehead atoms. The van der Waals surface area contributed by atoms with Gasteiger partial charge in [0.15, 0.2) is 0 Å². The molecule has 1 unspecified atom stereocenters. The van der Waals surface area contributed by atoms with Gasteiger partial charge in [-0.2, -0.15) is 0 Å². The summed E-state index contributed by atoms with van der Waals surface area (Å²) in [5.74, 6) is -1.24. The highest BCUT2D eigenvalue weighted by molar-refractivity contribution is 7.15. The van der Waals surface area contributed by atoms with Gasteiger partial charge >= 0.3 is 5.97 Å². The zero-order chi connectivity index (χ0) is 13.1. The number of likely N-dealkylation sites (tertiary alicyclic amines) is 1. The topological polar surface area (TPSA) is 106 Å².